The van der Waals surface area contributed by atoms with E-state index in [2.05, 4.69) is 22.9 Å². The molecule has 1 atom stereocenters. The molecule has 3 heteroatoms. The van der Waals surface area contributed by atoms with Crippen LogP contribution in [0.25, 0.3) is 0 Å². The summed E-state index contributed by atoms with van der Waals surface area (Å²) in [4.78, 5) is 14.3. The highest BCUT2D eigenvalue weighted by atomic mass is 79.9. The van der Waals surface area contributed by atoms with E-state index >= 15 is 0 Å². The van der Waals surface area contributed by atoms with Crippen molar-refractivity contribution in [2.45, 2.75) is 32.7 Å². The van der Waals surface area contributed by atoms with Gasteiger partial charge >= 0.3 is 0 Å². The van der Waals surface area contributed by atoms with Crippen LogP contribution in [0, 0.1) is 12.8 Å². The lowest BCUT2D eigenvalue weighted by Gasteiger charge is -2.25. The molecule has 1 fully saturated rings. The number of hydrogen-bond donors (Lipinski definition) is 0. The van der Waals surface area contributed by atoms with Crippen LogP contribution in [0.2, 0.25) is 0 Å². The maximum atomic E-state index is 12.4. The van der Waals surface area contributed by atoms with E-state index in [1.807, 2.05) is 37.1 Å². The van der Waals surface area contributed by atoms with Gasteiger partial charge in [-0.1, -0.05) is 12.1 Å². The average Bonchev–Trinajstić information content (AvgIpc) is 3.14. The van der Waals surface area contributed by atoms with Crippen molar-refractivity contribution in [1.82, 2.24) is 4.90 Å². The predicted molar refractivity (Wildman–Crippen MR) is 73.2 cm³/mol. The molecule has 0 bridgehead atoms. The number of hydrogen-bond acceptors (Lipinski definition) is 1. The van der Waals surface area contributed by atoms with E-state index in [-0.39, 0.29) is 5.91 Å². The number of nitrogens with zero attached hydrogens (tertiary/aromatic N) is 1. The normalized spacial score (nSPS) is 16.7. The summed E-state index contributed by atoms with van der Waals surface area (Å²) in [6.45, 7) is 4.14. The van der Waals surface area contributed by atoms with Crippen molar-refractivity contribution in [1.29, 1.82) is 0 Å². The largest absolute Gasteiger partial charge is 0.339 e. The molecule has 2 nitrogen and oxygen atoms in total. The molecule has 1 aliphatic rings. The standard InChI is InChI=1S/C14H18BrNO/c1-9-5-4-6-12(13(9)15)14(17)16(3)10(2)11-7-8-11/h4-6,10-11H,7-8H2,1-3H3. The molecule has 0 N–H and O–H groups in total. The van der Waals surface area contributed by atoms with Crippen LogP contribution in [0.15, 0.2) is 22.7 Å². The molecular weight excluding hydrogens is 278 g/mol. The molecule has 1 aromatic rings. The van der Waals surface area contributed by atoms with Crippen LogP contribution in [0.4, 0.5) is 0 Å². The Balaban J connectivity index is 2.21. The molecule has 1 aromatic carbocycles. The van der Waals surface area contributed by atoms with E-state index in [1.165, 1.54) is 12.8 Å². The summed E-state index contributed by atoms with van der Waals surface area (Å²) in [6, 6.07) is 6.17. The lowest BCUT2D eigenvalue weighted by Crippen LogP contribution is -2.36. The van der Waals surface area contributed by atoms with Gasteiger partial charge in [-0.15, -0.1) is 0 Å². The Morgan fingerprint density at radius 3 is 2.71 bits per heavy atom. The van der Waals surface area contributed by atoms with Gasteiger partial charge in [-0.25, -0.2) is 0 Å². The number of carbonyl (C=O) groups excluding carboxylic acids is 1. The highest BCUT2D eigenvalue weighted by Gasteiger charge is 2.33. The second-order valence-corrected chi connectivity index (χ2v) is 5.72. The Kier molecular flexibility index (Phi) is 3.57. The summed E-state index contributed by atoms with van der Waals surface area (Å²) in [7, 11) is 1.90. The van der Waals surface area contributed by atoms with E-state index < -0.39 is 0 Å². The summed E-state index contributed by atoms with van der Waals surface area (Å²) >= 11 is 3.50. The molecule has 0 radical (unpaired) electrons. The van der Waals surface area contributed by atoms with Crippen LogP contribution in [0.3, 0.4) is 0 Å². The first-order valence-corrected chi connectivity index (χ1v) is 6.84. The first-order valence-electron chi connectivity index (χ1n) is 6.04. The van der Waals surface area contributed by atoms with Crippen LogP contribution in [-0.2, 0) is 0 Å². The van der Waals surface area contributed by atoms with E-state index in [9.17, 15) is 4.79 Å². The zero-order valence-electron chi connectivity index (χ0n) is 10.5. The zero-order chi connectivity index (χ0) is 12.6. The number of benzene rings is 1. The van der Waals surface area contributed by atoms with Crippen molar-refractivity contribution in [2.75, 3.05) is 7.05 Å². The van der Waals surface area contributed by atoms with Crippen LogP contribution < -0.4 is 0 Å². The summed E-state index contributed by atoms with van der Waals surface area (Å²) < 4.78 is 0.917. The molecule has 0 spiro atoms. The van der Waals surface area contributed by atoms with Crippen LogP contribution in [0.1, 0.15) is 35.7 Å². The van der Waals surface area contributed by atoms with Crippen LogP contribution in [-0.4, -0.2) is 23.9 Å². The first kappa shape index (κ1) is 12.6. The van der Waals surface area contributed by atoms with Gasteiger partial charge in [0.15, 0.2) is 0 Å². The molecule has 0 saturated heterocycles. The molecule has 0 heterocycles. The summed E-state index contributed by atoms with van der Waals surface area (Å²) in [5.41, 5.74) is 1.86. The third-order valence-corrected chi connectivity index (χ3v) is 4.71. The van der Waals surface area contributed by atoms with Gasteiger partial charge in [-0.2, -0.15) is 0 Å². The van der Waals surface area contributed by atoms with Crippen molar-refractivity contribution < 1.29 is 4.79 Å². The second kappa shape index (κ2) is 4.81. The molecule has 2 rings (SSSR count). The van der Waals surface area contributed by atoms with Gasteiger partial charge < -0.3 is 4.90 Å². The Morgan fingerprint density at radius 2 is 2.12 bits per heavy atom. The van der Waals surface area contributed by atoms with E-state index in [4.69, 9.17) is 0 Å². The van der Waals surface area contributed by atoms with Crippen molar-refractivity contribution in [3.05, 3.63) is 33.8 Å². The quantitative estimate of drug-likeness (QED) is 0.834. The lowest BCUT2D eigenvalue weighted by molar-refractivity contribution is 0.0726. The van der Waals surface area contributed by atoms with Gasteiger partial charge in [0, 0.05) is 17.6 Å². The minimum Gasteiger partial charge on any atom is -0.339 e. The van der Waals surface area contributed by atoms with Crippen molar-refractivity contribution >= 4 is 21.8 Å². The van der Waals surface area contributed by atoms with Gasteiger partial charge in [0.25, 0.3) is 5.91 Å². The smallest absolute Gasteiger partial charge is 0.254 e. The average molecular weight is 296 g/mol. The first-order chi connectivity index (χ1) is 8.02. The number of amides is 1. The Hall–Kier alpha value is -0.830. The molecule has 1 saturated carbocycles. The maximum Gasteiger partial charge on any atom is 0.254 e. The highest BCUT2D eigenvalue weighted by molar-refractivity contribution is 9.10. The fraction of sp³-hybridized carbons (Fsp3) is 0.500. The number of halogens is 1. The monoisotopic (exact) mass is 295 g/mol. The Bertz CT molecular complexity index is 440. The molecule has 1 amide bonds. The fourth-order valence-corrected chi connectivity index (χ4v) is 2.52. The molecule has 92 valence electrons. The van der Waals surface area contributed by atoms with Gasteiger partial charge in [-0.3, -0.25) is 4.79 Å². The zero-order valence-corrected chi connectivity index (χ0v) is 12.1. The van der Waals surface area contributed by atoms with Gasteiger partial charge in [0.2, 0.25) is 0 Å². The topological polar surface area (TPSA) is 20.3 Å². The molecule has 17 heavy (non-hydrogen) atoms. The lowest BCUT2D eigenvalue weighted by atomic mass is 10.1. The third-order valence-electron chi connectivity index (χ3n) is 3.66. The molecule has 0 aromatic heterocycles. The van der Waals surface area contributed by atoms with E-state index in [1.54, 1.807) is 0 Å². The van der Waals surface area contributed by atoms with Crippen molar-refractivity contribution in [2.24, 2.45) is 5.92 Å². The minimum atomic E-state index is 0.111. The minimum absolute atomic E-state index is 0.111. The Labute approximate surface area is 111 Å². The van der Waals surface area contributed by atoms with Gasteiger partial charge in [0.05, 0.1) is 5.56 Å². The number of rotatable bonds is 3. The second-order valence-electron chi connectivity index (χ2n) is 4.93. The number of aryl methyl sites for hydroxylation is 1. The molecule has 1 aliphatic carbocycles. The molecule has 0 aliphatic heterocycles. The van der Waals surface area contributed by atoms with E-state index in [0.29, 0.717) is 12.0 Å². The summed E-state index contributed by atoms with van der Waals surface area (Å²) in [5, 5.41) is 0. The SMILES string of the molecule is Cc1cccc(C(=O)N(C)C(C)C2CC2)c1Br. The van der Waals surface area contributed by atoms with Crippen LogP contribution >= 0.6 is 15.9 Å². The molecule has 1 unspecified atom stereocenters. The predicted octanol–water partition coefficient (Wildman–Crippen LogP) is 3.63. The van der Waals surface area contributed by atoms with Crippen molar-refractivity contribution in [3.63, 3.8) is 0 Å². The van der Waals surface area contributed by atoms with Gasteiger partial charge in [0.1, 0.15) is 0 Å². The number of carbonyl (C=O) groups is 1. The molecular formula is C14H18BrNO. The summed E-state index contributed by atoms with van der Waals surface area (Å²) in [5.74, 6) is 0.813. The summed E-state index contributed by atoms with van der Waals surface area (Å²) in [6.07, 6.45) is 2.52. The third kappa shape index (κ3) is 2.54. The van der Waals surface area contributed by atoms with Gasteiger partial charge in [-0.05, 0) is 60.2 Å². The van der Waals surface area contributed by atoms with E-state index in [0.717, 1.165) is 15.6 Å². The van der Waals surface area contributed by atoms with Crippen molar-refractivity contribution in [3.8, 4) is 0 Å². The highest BCUT2D eigenvalue weighted by Crippen LogP contribution is 2.35. The fourth-order valence-electron chi connectivity index (χ4n) is 2.08. The van der Waals surface area contributed by atoms with Crippen LogP contribution in [0.5, 0.6) is 0 Å². The maximum absolute atomic E-state index is 12.4. The Morgan fingerprint density at radius 1 is 1.47 bits per heavy atom.